The standard InChI is InChI=1S/C21H13F4N3O3S/c1-30-16-3-2-11(6-12(9-26)20(29)28-21-27-4-5-32-21)7-13(16)10-31-19-17(24)14(22)8-15(23)18(19)25/h2-8H,10H2,1H3,(H,27,28,29). The van der Waals surface area contributed by atoms with Gasteiger partial charge >= 0.3 is 0 Å². The van der Waals surface area contributed by atoms with Gasteiger partial charge in [0, 0.05) is 23.2 Å². The van der Waals surface area contributed by atoms with Crippen molar-refractivity contribution in [2.45, 2.75) is 6.61 Å². The van der Waals surface area contributed by atoms with Crippen molar-refractivity contribution in [2.24, 2.45) is 0 Å². The highest BCUT2D eigenvalue weighted by Crippen LogP contribution is 2.29. The van der Waals surface area contributed by atoms with Crippen LogP contribution >= 0.6 is 11.3 Å². The zero-order chi connectivity index (χ0) is 23.3. The highest BCUT2D eigenvalue weighted by atomic mass is 32.1. The zero-order valence-corrected chi connectivity index (χ0v) is 17.1. The Balaban J connectivity index is 1.86. The predicted molar refractivity (Wildman–Crippen MR) is 108 cm³/mol. The van der Waals surface area contributed by atoms with Gasteiger partial charge in [0.25, 0.3) is 5.91 Å². The Labute approximate surface area is 183 Å². The van der Waals surface area contributed by atoms with E-state index in [1.54, 1.807) is 11.4 Å². The van der Waals surface area contributed by atoms with Crippen LogP contribution in [0.4, 0.5) is 22.7 Å². The molecule has 0 aliphatic rings. The SMILES string of the molecule is COc1ccc(C=C(C#N)C(=O)Nc2nccs2)cc1COc1c(F)c(F)cc(F)c1F. The summed E-state index contributed by atoms with van der Waals surface area (Å²) in [5.41, 5.74) is 0.366. The number of halogens is 4. The molecule has 1 N–H and O–H groups in total. The molecule has 3 aromatic rings. The Kier molecular flexibility index (Phi) is 7.07. The van der Waals surface area contributed by atoms with E-state index in [9.17, 15) is 27.6 Å². The third kappa shape index (κ3) is 5.04. The van der Waals surface area contributed by atoms with Crippen LogP contribution in [-0.2, 0) is 11.4 Å². The lowest BCUT2D eigenvalue weighted by molar-refractivity contribution is -0.112. The number of nitriles is 1. The summed E-state index contributed by atoms with van der Waals surface area (Å²) in [6.45, 7) is -0.519. The predicted octanol–water partition coefficient (Wildman–Crippen LogP) is 4.83. The van der Waals surface area contributed by atoms with Crippen molar-refractivity contribution >= 4 is 28.5 Å². The highest BCUT2D eigenvalue weighted by molar-refractivity contribution is 7.13. The van der Waals surface area contributed by atoms with Crippen LogP contribution in [0.25, 0.3) is 6.08 Å². The van der Waals surface area contributed by atoms with Gasteiger partial charge in [0.1, 0.15) is 24.0 Å². The maximum atomic E-state index is 13.8. The Morgan fingerprint density at radius 1 is 1.22 bits per heavy atom. The normalized spacial score (nSPS) is 11.1. The lowest BCUT2D eigenvalue weighted by Crippen LogP contribution is -2.13. The number of benzene rings is 2. The third-order valence-electron chi connectivity index (χ3n) is 4.08. The van der Waals surface area contributed by atoms with E-state index in [0.717, 1.165) is 0 Å². The minimum atomic E-state index is -1.68. The number of anilines is 1. The minimum absolute atomic E-state index is 0.0731. The molecule has 0 saturated carbocycles. The van der Waals surface area contributed by atoms with E-state index >= 15 is 0 Å². The first-order valence-electron chi connectivity index (χ1n) is 8.79. The fourth-order valence-corrected chi connectivity index (χ4v) is 3.12. The van der Waals surface area contributed by atoms with Crippen molar-refractivity contribution in [1.82, 2.24) is 4.98 Å². The summed E-state index contributed by atoms with van der Waals surface area (Å²) in [6, 6.07) is 6.28. The number of carbonyl (C=O) groups excluding carboxylic acids is 1. The van der Waals surface area contributed by atoms with Gasteiger partial charge in [-0.3, -0.25) is 10.1 Å². The molecule has 11 heteroatoms. The first-order chi connectivity index (χ1) is 15.3. The topological polar surface area (TPSA) is 84.2 Å². The second-order valence-electron chi connectivity index (χ2n) is 6.12. The number of rotatable bonds is 7. The fourth-order valence-electron chi connectivity index (χ4n) is 2.59. The van der Waals surface area contributed by atoms with Gasteiger partial charge in [-0.25, -0.2) is 13.8 Å². The maximum Gasteiger partial charge on any atom is 0.268 e. The highest BCUT2D eigenvalue weighted by Gasteiger charge is 2.21. The summed E-state index contributed by atoms with van der Waals surface area (Å²) in [4.78, 5) is 16.2. The Morgan fingerprint density at radius 2 is 1.94 bits per heavy atom. The third-order valence-corrected chi connectivity index (χ3v) is 4.77. The van der Waals surface area contributed by atoms with Crippen LogP contribution in [0, 0.1) is 34.6 Å². The summed E-state index contributed by atoms with van der Waals surface area (Å²) in [5.74, 6) is -8.22. The molecule has 0 bridgehead atoms. The first-order valence-corrected chi connectivity index (χ1v) is 9.67. The molecule has 1 aromatic heterocycles. The quantitative estimate of drug-likeness (QED) is 0.235. The van der Waals surface area contributed by atoms with Gasteiger partial charge in [-0.2, -0.15) is 14.0 Å². The van der Waals surface area contributed by atoms with E-state index in [0.29, 0.717) is 10.7 Å². The van der Waals surface area contributed by atoms with E-state index in [2.05, 4.69) is 10.3 Å². The second kappa shape index (κ2) is 9.93. The number of hydrogen-bond acceptors (Lipinski definition) is 6. The van der Waals surface area contributed by atoms with Gasteiger partial charge in [0.05, 0.1) is 7.11 Å². The minimum Gasteiger partial charge on any atom is -0.496 e. The maximum absolute atomic E-state index is 13.8. The van der Waals surface area contributed by atoms with E-state index in [-0.39, 0.29) is 23.0 Å². The molecule has 1 heterocycles. The number of ether oxygens (including phenoxy) is 2. The summed E-state index contributed by atoms with van der Waals surface area (Å²) in [5, 5.41) is 13.8. The van der Waals surface area contributed by atoms with Crippen LogP contribution in [0.3, 0.4) is 0 Å². The van der Waals surface area contributed by atoms with Crippen LogP contribution in [0.5, 0.6) is 11.5 Å². The van der Waals surface area contributed by atoms with E-state index in [1.165, 1.54) is 48.9 Å². The number of carbonyl (C=O) groups is 1. The molecule has 1 amide bonds. The number of nitrogens with one attached hydrogen (secondary N) is 1. The average Bonchev–Trinajstić information content (AvgIpc) is 3.29. The molecule has 0 saturated heterocycles. The molecule has 0 spiro atoms. The van der Waals surface area contributed by atoms with E-state index in [4.69, 9.17) is 9.47 Å². The van der Waals surface area contributed by atoms with Gasteiger partial charge in [-0.15, -0.1) is 11.3 Å². The van der Waals surface area contributed by atoms with Crippen LogP contribution in [0.1, 0.15) is 11.1 Å². The molecule has 32 heavy (non-hydrogen) atoms. The van der Waals surface area contributed by atoms with Crippen molar-refractivity contribution < 1.29 is 31.8 Å². The molecule has 2 aromatic carbocycles. The first kappa shape index (κ1) is 22.8. The molecule has 0 aliphatic heterocycles. The van der Waals surface area contributed by atoms with Gasteiger partial charge in [-0.05, 0) is 23.8 Å². The lowest BCUT2D eigenvalue weighted by Gasteiger charge is -2.13. The smallest absolute Gasteiger partial charge is 0.268 e. The van der Waals surface area contributed by atoms with Gasteiger partial charge in [0.2, 0.25) is 11.6 Å². The summed E-state index contributed by atoms with van der Waals surface area (Å²) >= 11 is 1.17. The monoisotopic (exact) mass is 463 g/mol. The number of aromatic nitrogens is 1. The van der Waals surface area contributed by atoms with Crippen LogP contribution in [-0.4, -0.2) is 18.0 Å². The zero-order valence-electron chi connectivity index (χ0n) is 16.3. The molecule has 0 radical (unpaired) electrons. The summed E-state index contributed by atoms with van der Waals surface area (Å²) < 4.78 is 64.6. The number of thiazole rings is 1. The molecular formula is C21H13F4N3O3S. The largest absolute Gasteiger partial charge is 0.496 e. The molecule has 0 fully saturated rings. The summed E-state index contributed by atoms with van der Waals surface area (Å²) in [7, 11) is 1.33. The van der Waals surface area contributed by atoms with Crippen LogP contribution < -0.4 is 14.8 Å². The van der Waals surface area contributed by atoms with E-state index in [1.807, 2.05) is 0 Å². The molecular weight excluding hydrogens is 450 g/mol. The van der Waals surface area contributed by atoms with Crippen molar-refractivity contribution in [3.8, 4) is 17.6 Å². The number of nitrogens with zero attached hydrogens (tertiary/aromatic N) is 2. The molecule has 0 aliphatic carbocycles. The van der Waals surface area contributed by atoms with Crippen molar-refractivity contribution in [3.63, 3.8) is 0 Å². The Hall–Kier alpha value is -3.91. The Morgan fingerprint density at radius 3 is 2.53 bits per heavy atom. The molecule has 0 unspecified atom stereocenters. The fraction of sp³-hybridized carbons (Fsp3) is 0.0952. The van der Waals surface area contributed by atoms with Gasteiger partial charge in [0.15, 0.2) is 22.5 Å². The number of amides is 1. The van der Waals surface area contributed by atoms with Crippen LogP contribution in [0.2, 0.25) is 0 Å². The van der Waals surface area contributed by atoms with Crippen LogP contribution in [0.15, 0.2) is 41.4 Å². The van der Waals surface area contributed by atoms with Crippen molar-refractivity contribution in [2.75, 3.05) is 12.4 Å². The van der Waals surface area contributed by atoms with Crippen molar-refractivity contribution in [1.29, 1.82) is 5.26 Å². The number of hydrogen-bond donors (Lipinski definition) is 1. The Bertz CT molecular complexity index is 1200. The van der Waals surface area contributed by atoms with Gasteiger partial charge < -0.3 is 9.47 Å². The second-order valence-corrected chi connectivity index (χ2v) is 7.01. The molecule has 164 valence electrons. The molecule has 6 nitrogen and oxygen atoms in total. The average molecular weight is 463 g/mol. The van der Waals surface area contributed by atoms with Gasteiger partial charge in [-0.1, -0.05) is 6.07 Å². The van der Waals surface area contributed by atoms with Crippen molar-refractivity contribution in [3.05, 3.63) is 75.8 Å². The lowest BCUT2D eigenvalue weighted by atomic mass is 10.1. The number of methoxy groups -OCH3 is 1. The summed E-state index contributed by atoms with van der Waals surface area (Å²) in [6.07, 6.45) is 2.76. The van der Waals surface area contributed by atoms with E-state index < -0.39 is 41.5 Å². The molecule has 3 rings (SSSR count). The molecule has 0 atom stereocenters.